The van der Waals surface area contributed by atoms with E-state index in [9.17, 15) is 14.4 Å². The highest BCUT2D eigenvalue weighted by atomic mass is 16.4. The first-order chi connectivity index (χ1) is 11.7. The van der Waals surface area contributed by atoms with Crippen molar-refractivity contribution in [3.05, 3.63) is 34.9 Å². The fourth-order valence-electron chi connectivity index (χ4n) is 3.20. The summed E-state index contributed by atoms with van der Waals surface area (Å²) in [5, 5.41) is 11.8. The van der Waals surface area contributed by atoms with Crippen LogP contribution in [0.5, 0.6) is 0 Å². The molecule has 1 aliphatic carbocycles. The van der Waals surface area contributed by atoms with E-state index in [1.54, 1.807) is 6.92 Å². The van der Waals surface area contributed by atoms with E-state index in [0.29, 0.717) is 5.56 Å². The summed E-state index contributed by atoms with van der Waals surface area (Å²) >= 11 is 0. The molecule has 136 valence electrons. The number of rotatable bonds is 8. The van der Waals surface area contributed by atoms with Crippen LogP contribution in [0.3, 0.4) is 0 Å². The normalized spacial score (nSPS) is 15.5. The van der Waals surface area contributed by atoms with Crippen molar-refractivity contribution in [2.45, 2.75) is 64.8 Å². The highest BCUT2D eigenvalue weighted by Gasteiger charge is 2.32. The van der Waals surface area contributed by atoms with Gasteiger partial charge in [-0.15, -0.1) is 0 Å². The fourth-order valence-corrected chi connectivity index (χ4v) is 3.20. The number of carbonyl (C=O) groups is 3. The highest BCUT2D eigenvalue weighted by Crippen LogP contribution is 2.24. The number of Topliss-reactive ketones (excluding diaryl/α,β-unsaturated/α-hetero) is 1. The summed E-state index contributed by atoms with van der Waals surface area (Å²) in [6, 6.07) is 5.80. The molecular weight excluding hydrogens is 318 g/mol. The van der Waals surface area contributed by atoms with E-state index in [4.69, 9.17) is 5.11 Å². The average molecular weight is 345 g/mol. The lowest BCUT2D eigenvalue weighted by molar-refractivity contribution is -0.139. The zero-order valence-corrected chi connectivity index (χ0v) is 15.2. The minimum absolute atomic E-state index is 0.0278. The number of hydrogen-bond acceptors (Lipinski definition) is 3. The topological polar surface area (TPSA) is 83.5 Å². The van der Waals surface area contributed by atoms with Gasteiger partial charge in [0.15, 0.2) is 5.78 Å². The van der Waals surface area contributed by atoms with Crippen LogP contribution in [-0.2, 0) is 22.4 Å². The molecule has 0 saturated carbocycles. The van der Waals surface area contributed by atoms with E-state index < -0.39 is 11.5 Å². The van der Waals surface area contributed by atoms with Gasteiger partial charge in [-0.2, -0.15) is 0 Å². The second-order valence-electron chi connectivity index (χ2n) is 7.45. The van der Waals surface area contributed by atoms with Crippen LogP contribution < -0.4 is 5.32 Å². The van der Waals surface area contributed by atoms with Gasteiger partial charge in [-0.05, 0) is 49.3 Å². The molecule has 1 aliphatic rings. The number of carbonyl (C=O) groups excluding carboxylic acids is 2. The second-order valence-corrected chi connectivity index (χ2v) is 7.45. The molecule has 0 bridgehead atoms. The maximum atomic E-state index is 12.4. The van der Waals surface area contributed by atoms with Crippen LogP contribution in [-0.4, -0.2) is 28.3 Å². The lowest BCUT2D eigenvalue weighted by Gasteiger charge is -2.33. The van der Waals surface area contributed by atoms with Crippen LogP contribution >= 0.6 is 0 Å². The van der Waals surface area contributed by atoms with Crippen molar-refractivity contribution >= 4 is 17.7 Å². The van der Waals surface area contributed by atoms with Gasteiger partial charge in [-0.25, -0.2) is 0 Å². The Morgan fingerprint density at radius 3 is 2.48 bits per heavy atom. The van der Waals surface area contributed by atoms with Crippen molar-refractivity contribution in [1.82, 2.24) is 5.32 Å². The Hall–Kier alpha value is -2.17. The summed E-state index contributed by atoms with van der Waals surface area (Å²) in [4.78, 5) is 35.6. The Morgan fingerprint density at radius 2 is 1.84 bits per heavy atom. The van der Waals surface area contributed by atoms with Crippen LogP contribution in [0.25, 0.3) is 0 Å². The van der Waals surface area contributed by atoms with Crippen molar-refractivity contribution in [3.63, 3.8) is 0 Å². The van der Waals surface area contributed by atoms with Crippen LogP contribution in [0.1, 0.15) is 67.9 Å². The van der Waals surface area contributed by atoms with E-state index in [1.807, 2.05) is 32.0 Å². The van der Waals surface area contributed by atoms with Crippen molar-refractivity contribution in [3.8, 4) is 0 Å². The third-order valence-corrected chi connectivity index (χ3v) is 5.22. The number of aryl methyl sites for hydroxylation is 2. The smallest absolute Gasteiger partial charge is 0.305 e. The van der Waals surface area contributed by atoms with E-state index in [-0.39, 0.29) is 36.9 Å². The summed E-state index contributed by atoms with van der Waals surface area (Å²) < 4.78 is 0. The van der Waals surface area contributed by atoms with Gasteiger partial charge in [0.2, 0.25) is 5.91 Å². The maximum Gasteiger partial charge on any atom is 0.305 e. The zero-order chi connectivity index (χ0) is 18.6. The van der Waals surface area contributed by atoms with E-state index in [2.05, 4.69) is 5.32 Å². The van der Waals surface area contributed by atoms with Crippen molar-refractivity contribution in [2.24, 2.45) is 5.92 Å². The molecule has 0 aromatic heterocycles. The maximum absolute atomic E-state index is 12.4. The van der Waals surface area contributed by atoms with Crippen molar-refractivity contribution in [2.75, 3.05) is 0 Å². The number of nitrogens with one attached hydrogen (secondary N) is 1. The first-order valence-corrected chi connectivity index (χ1v) is 8.89. The SMILES string of the molecule is CC(C)C(C)(CC(=O)O)NC(=O)CCC(=O)c1ccc2c(c1)CCC2. The Morgan fingerprint density at radius 1 is 1.16 bits per heavy atom. The first kappa shape index (κ1) is 19.2. The molecule has 0 fully saturated rings. The van der Waals surface area contributed by atoms with Crippen LogP contribution in [0.2, 0.25) is 0 Å². The number of fused-ring (bicyclic) bond motifs is 1. The lowest BCUT2D eigenvalue weighted by atomic mass is 9.85. The number of hydrogen-bond donors (Lipinski definition) is 2. The molecule has 1 aromatic rings. The molecule has 25 heavy (non-hydrogen) atoms. The molecule has 1 amide bonds. The van der Waals surface area contributed by atoms with E-state index in [1.165, 1.54) is 11.1 Å². The Kier molecular flexibility index (Phi) is 5.98. The number of amides is 1. The molecular formula is C20H27NO4. The third-order valence-electron chi connectivity index (χ3n) is 5.22. The quantitative estimate of drug-likeness (QED) is 0.709. The highest BCUT2D eigenvalue weighted by molar-refractivity contribution is 5.98. The number of carboxylic acid groups (broad SMARTS) is 1. The standard InChI is InChI=1S/C20H27NO4/c1-13(2)20(3,12-19(24)25)21-18(23)10-9-17(22)16-8-7-14-5-4-6-15(14)11-16/h7-8,11,13H,4-6,9-10,12H2,1-3H3,(H,21,23)(H,24,25). The van der Waals surface area contributed by atoms with E-state index in [0.717, 1.165) is 19.3 Å². The first-order valence-electron chi connectivity index (χ1n) is 8.89. The molecule has 0 saturated heterocycles. The molecule has 0 heterocycles. The summed E-state index contributed by atoms with van der Waals surface area (Å²) in [6.45, 7) is 5.48. The predicted octanol–water partition coefficient (Wildman–Crippen LogP) is 3.14. The average Bonchev–Trinajstić information content (AvgIpc) is 2.99. The minimum Gasteiger partial charge on any atom is -0.481 e. The molecule has 0 spiro atoms. The van der Waals surface area contributed by atoms with Gasteiger partial charge in [0.1, 0.15) is 0 Å². The number of benzene rings is 1. The van der Waals surface area contributed by atoms with Gasteiger partial charge in [0.25, 0.3) is 0 Å². The van der Waals surface area contributed by atoms with Crippen molar-refractivity contribution < 1.29 is 19.5 Å². The lowest BCUT2D eigenvalue weighted by Crippen LogP contribution is -2.51. The number of aliphatic carboxylic acids is 1. The molecule has 1 aromatic carbocycles. The molecule has 1 atom stereocenters. The van der Waals surface area contributed by atoms with Crippen molar-refractivity contribution in [1.29, 1.82) is 0 Å². The summed E-state index contributed by atoms with van der Waals surface area (Å²) in [5.74, 6) is -1.31. The van der Waals surface area contributed by atoms with Gasteiger partial charge in [0.05, 0.1) is 6.42 Å². The minimum atomic E-state index is -0.953. The van der Waals surface area contributed by atoms with Gasteiger partial charge in [-0.1, -0.05) is 26.0 Å². The number of carboxylic acids is 1. The van der Waals surface area contributed by atoms with Gasteiger partial charge >= 0.3 is 5.97 Å². The molecule has 0 aliphatic heterocycles. The molecule has 2 N–H and O–H groups in total. The van der Waals surface area contributed by atoms with Gasteiger partial charge in [-0.3, -0.25) is 14.4 Å². The second kappa shape index (κ2) is 7.81. The van der Waals surface area contributed by atoms with Gasteiger partial charge < -0.3 is 10.4 Å². The van der Waals surface area contributed by atoms with E-state index >= 15 is 0 Å². The molecule has 5 heteroatoms. The zero-order valence-electron chi connectivity index (χ0n) is 15.2. The predicted molar refractivity (Wildman–Crippen MR) is 95.7 cm³/mol. The third kappa shape index (κ3) is 4.91. The van der Waals surface area contributed by atoms with Crippen LogP contribution in [0.4, 0.5) is 0 Å². The molecule has 1 unspecified atom stereocenters. The summed E-state index contributed by atoms with van der Waals surface area (Å²) in [5.41, 5.74) is 2.39. The fraction of sp³-hybridized carbons (Fsp3) is 0.550. The monoisotopic (exact) mass is 345 g/mol. The molecule has 5 nitrogen and oxygen atoms in total. The van der Waals surface area contributed by atoms with Gasteiger partial charge in [0, 0.05) is 23.9 Å². The number of ketones is 1. The summed E-state index contributed by atoms with van der Waals surface area (Å²) in [6.07, 6.45) is 3.27. The van der Waals surface area contributed by atoms with Crippen LogP contribution in [0, 0.1) is 5.92 Å². The Bertz CT molecular complexity index is 680. The Labute approximate surface area is 148 Å². The summed E-state index contributed by atoms with van der Waals surface area (Å²) in [7, 11) is 0. The largest absolute Gasteiger partial charge is 0.481 e. The van der Waals surface area contributed by atoms with Crippen LogP contribution in [0.15, 0.2) is 18.2 Å². The molecule has 2 rings (SSSR count). The Balaban J connectivity index is 1.92. The molecule has 0 radical (unpaired) electrons.